The van der Waals surface area contributed by atoms with E-state index >= 15 is 0 Å². The number of aromatic nitrogens is 5. The van der Waals surface area contributed by atoms with Crippen molar-refractivity contribution in [1.29, 1.82) is 0 Å². The third-order valence-corrected chi connectivity index (χ3v) is 4.25. The van der Waals surface area contributed by atoms with Gasteiger partial charge in [-0.1, -0.05) is 16.8 Å². The zero-order valence-corrected chi connectivity index (χ0v) is 15.5. The molecular formula is C18H14ClFN8O. The van der Waals surface area contributed by atoms with E-state index in [0.717, 1.165) is 0 Å². The second kappa shape index (κ2) is 8.07. The Kier molecular flexibility index (Phi) is 5.16. The van der Waals surface area contributed by atoms with Crippen LogP contribution in [0.4, 0.5) is 16.0 Å². The summed E-state index contributed by atoms with van der Waals surface area (Å²) < 4.78 is 13.4. The number of rotatable bonds is 5. The van der Waals surface area contributed by atoms with E-state index in [1.54, 1.807) is 24.5 Å². The number of H-pyrrole nitrogens is 1. The summed E-state index contributed by atoms with van der Waals surface area (Å²) in [4.78, 5) is 20.0. The zero-order valence-electron chi connectivity index (χ0n) is 14.8. The van der Waals surface area contributed by atoms with Crippen molar-refractivity contribution in [3.8, 4) is 0 Å². The normalized spacial score (nSPS) is 11.6. The Morgan fingerprint density at radius 2 is 2.00 bits per heavy atom. The van der Waals surface area contributed by atoms with E-state index in [2.05, 4.69) is 40.7 Å². The molecule has 0 spiro atoms. The Hall–Kier alpha value is -3.79. The Bertz CT molecular complexity index is 1180. The van der Waals surface area contributed by atoms with E-state index in [4.69, 9.17) is 11.6 Å². The summed E-state index contributed by atoms with van der Waals surface area (Å²) in [6, 6.07) is 7.46. The minimum Gasteiger partial charge on any atom is -0.409 e. The van der Waals surface area contributed by atoms with Crippen molar-refractivity contribution in [2.45, 2.75) is 6.54 Å². The average molecular weight is 413 g/mol. The molecule has 0 bridgehead atoms. The van der Waals surface area contributed by atoms with Gasteiger partial charge in [0.2, 0.25) is 5.95 Å². The maximum absolute atomic E-state index is 13.4. The standard InChI is InChI=1S/C18H14ClFN8O/c19-12-8-10(2-3-13(12)20)25-16(28-29)11-4-7-23-17-15(11)26-18(27-17)24-9-14-21-5-1-6-22-14/h1-8,29H,9H2,(H,25,28)(H2,23,24,26,27). The highest BCUT2D eigenvalue weighted by molar-refractivity contribution is 6.31. The summed E-state index contributed by atoms with van der Waals surface area (Å²) in [6.07, 6.45) is 4.84. The first-order valence-electron chi connectivity index (χ1n) is 8.43. The van der Waals surface area contributed by atoms with Gasteiger partial charge >= 0.3 is 0 Å². The summed E-state index contributed by atoms with van der Waals surface area (Å²) in [7, 11) is 0. The number of pyridine rings is 1. The molecule has 4 rings (SSSR count). The Balaban J connectivity index is 1.60. The summed E-state index contributed by atoms with van der Waals surface area (Å²) in [5.74, 6) is 0.627. The third kappa shape index (κ3) is 4.06. The Morgan fingerprint density at radius 3 is 2.76 bits per heavy atom. The summed E-state index contributed by atoms with van der Waals surface area (Å²) in [6.45, 7) is 0.364. The first kappa shape index (κ1) is 18.6. The number of amidine groups is 1. The van der Waals surface area contributed by atoms with Gasteiger partial charge < -0.3 is 20.8 Å². The lowest BCUT2D eigenvalue weighted by molar-refractivity contribution is 0.319. The molecule has 0 atom stereocenters. The average Bonchev–Trinajstić information content (AvgIpc) is 3.17. The molecule has 0 radical (unpaired) electrons. The van der Waals surface area contributed by atoms with Gasteiger partial charge in [0.1, 0.15) is 11.6 Å². The molecule has 3 aromatic heterocycles. The number of hydrogen-bond acceptors (Lipinski definition) is 7. The SMILES string of the molecule is O/N=C(/Nc1ccc(F)c(Cl)c1)c1ccnc2nc(NCc3ncccn3)[nH]c12. The zero-order chi connectivity index (χ0) is 20.2. The van der Waals surface area contributed by atoms with Gasteiger partial charge in [0, 0.05) is 29.8 Å². The molecule has 0 unspecified atom stereocenters. The smallest absolute Gasteiger partial charge is 0.203 e. The van der Waals surface area contributed by atoms with Crippen LogP contribution in [0.25, 0.3) is 11.2 Å². The lowest BCUT2D eigenvalue weighted by Crippen LogP contribution is -2.14. The molecule has 11 heteroatoms. The van der Waals surface area contributed by atoms with Crippen LogP contribution in [0.3, 0.4) is 0 Å². The van der Waals surface area contributed by atoms with Crippen molar-refractivity contribution >= 4 is 40.2 Å². The van der Waals surface area contributed by atoms with E-state index in [-0.39, 0.29) is 10.9 Å². The Labute approximate surface area is 168 Å². The van der Waals surface area contributed by atoms with Gasteiger partial charge in [-0.15, -0.1) is 0 Å². The molecule has 0 fully saturated rings. The molecule has 0 saturated carbocycles. The van der Waals surface area contributed by atoms with Crippen LogP contribution in [0, 0.1) is 5.82 Å². The predicted molar refractivity (Wildman–Crippen MR) is 107 cm³/mol. The van der Waals surface area contributed by atoms with Gasteiger partial charge in [0.15, 0.2) is 11.5 Å². The summed E-state index contributed by atoms with van der Waals surface area (Å²) in [5.41, 5.74) is 1.92. The molecule has 0 aliphatic carbocycles. The second-order valence-electron chi connectivity index (χ2n) is 5.86. The second-order valence-corrected chi connectivity index (χ2v) is 6.27. The molecule has 4 aromatic rings. The van der Waals surface area contributed by atoms with Crippen LogP contribution in [-0.2, 0) is 6.54 Å². The molecule has 0 aliphatic rings. The van der Waals surface area contributed by atoms with Crippen LogP contribution >= 0.6 is 11.6 Å². The molecule has 0 aliphatic heterocycles. The third-order valence-electron chi connectivity index (χ3n) is 3.96. The first-order chi connectivity index (χ1) is 14.1. The van der Waals surface area contributed by atoms with E-state index < -0.39 is 5.82 Å². The maximum atomic E-state index is 13.4. The highest BCUT2D eigenvalue weighted by Gasteiger charge is 2.15. The largest absolute Gasteiger partial charge is 0.409 e. The monoisotopic (exact) mass is 412 g/mol. The van der Waals surface area contributed by atoms with Gasteiger partial charge in [0.25, 0.3) is 0 Å². The number of fused-ring (bicyclic) bond motifs is 1. The number of anilines is 2. The summed E-state index contributed by atoms with van der Waals surface area (Å²) in [5, 5.41) is 18.8. The lowest BCUT2D eigenvalue weighted by atomic mass is 10.2. The quantitative estimate of drug-likeness (QED) is 0.171. The number of nitrogens with one attached hydrogen (secondary N) is 3. The molecule has 29 heavy (non-hydrogen) atoms. The van der Waals surface area contributed by atoms with Crippen molar-refractivity contribution in [2.75, 3.05) is 10.6 Å². The molecule has 3 heterocycles. The molecular weight excluding hydrogens is 399 g/mol. The van der Waals surface area contributed by atoms with Gasteiger partial charge in [-0.25, -0.2) is 19.3 Å². The van der Waals surface area contributed by atoms with Crippen molar-refractivity contribution < 1.29 is 9.60 Å². The van der Waals surface area contributed by atoms with Crippen LogP contribution in [-0.4, -0.2) is 36.0 Å². The van der Waals surface area contributed by atoms with Crippen LogP contribution in [0.5, 0.6) is 0 Å². The summed E-state index contributed by atoms with van der Waals surface area (Å²) >= 11 is 5.81. The fourth-order valence-corrected chi connectivity index (χ4v) is 2.81. The number of oxime groups is 1. The van der Waals surface area contributed by atoms with E-state index in [0.29, 0.717) is 40.7 Å². The number of benzene rings is 1. The fraction of sp³-hybridized carbons (Fsp3) is 0.0556. The number of halogens is 2. The van der Waals surface area contributed by atoms with E-state index in [1.807, 2.05) is 0 Å². The molecule has 0 amide bonds. The minimum absolute atomic E-state index is 0.0525. The van der Waals surface area contributed by atoms with Gasteiger partial charge in [-0.05, 0) is 30.3 Å². The molecule has 4 N–H and O–H groups in total. The van der Waals surface area contributed by atoms with Crippen LogP contribution in [0.1, 0.15) is 11.4 Å². The number of imidazole rings is 1. The number of hydrogen-bond donors (Lipinski definition) is 4. The first-order valence-corrected chi connectivity index (χ1v) is 8.81. The predicted octanol–water partition coefficient (Wildman–Crippen LogP) is 3.40. The molecule has 1 aromatic carbocycles. The molecule has 9 nitrogen and oxygen atoms in total. The van der Waals surface area contributed by atoms with Crippen molar-refractivity contribution in [1.82, 2.24) is 24.9 Å². The highest BCUT2D eigenvalue weighted by atomic mass is 35.5. The van der Waals surface area contributed by atoms with Crippen LogP contribution in [0.15, 0.2) is 54.1 Å². The Morgan fingerprint density at radius 1 is 1.17 bits per heavy atom. The number of aromatic amines is 1. The van der Waals surface area contributed by atoms with Crippen molar-refractivity contribution in [3.05, 3.63) is 71.2 Å². The topological polar surface area (TPSA) is 124 Å². The van der Waals surface area contributed by atoms with Crippen LogP contribution < -0.4 is 10.6 Å². The van der Waals surface area contributed by atoms with E-state index in [9.17, 15) is 9.60 Å². The number of nitrogens with zero attached hydrogens (tertiary/aromatic N) is 5. The lowest BCUT2D eigenvalue weighted by Gasteiger charge is -2.09. The van der Waals surface area contributed by atoms with E-state index in [1.165, 1.54) is 24.4 Å². The van der Waals surface area contributed by atoms with Crippen molar-refractivity contribution in [3.63, 3.8) is 0 Å². The van der Waals surface area contributed by atoms with Gasteiger partial charge in [-0.3, -0.25) is 0 Å². The highest BCUT2D eigenvalue weighted by Crippen LogP contribution is 2.22. The molecule has 146 valence electrons. The van der Waals surface area contributed by atoms with Gasteiger partial charge in [0.05, 0.1) is 17.1 Å². The van der Waals surface area contributed by atoms with Crippen LogP contribution in [0.2, 0.25) is 5.02 Å². The van der Waals surface area contributed by atoms with Crippen molar-refractivity contribution in [2.24, 2.45) is 5.16 Å². The molecule has 0 saturated heterocycles. The minimum atomic E-state index is -0.544. The fourth-order valence-electron chi connectivity index (χ4n) is 2.63. The maximum Gasteiger partial charge on any atom is 0.203 e. The van der Waals surface area contributed by atoms with Gasteiger partial charge in [-0.2, -0.15) is 4.98 Å².